The Morgan fingerprint density at radius 2 is 2.00 bits per heavy atom. The van der Waals surface area contributed by atoms with Gasteiger partial charge in [0, 0.05) is 5.41 Å². The van der Waals surface area contributed by atoms with Gasteiger partial charge in [-0.1, -0.05) is 20.3 Å². The van der Waals surface area contributed by atoms with Gasteiger partial charge in [-0.2, -0.15) is 0 Å². The van der Waals surface area contributed by atoms with E-state index in [0.29, 0.717) is 6.42 Å². The summed E-state index contributed by atoms with van der Waals surface area (Å²) in [7, 11) is 0. The van der Waals surface area contributed by atoms with Gasteiger partial charge in [0.15, 0.2) is 0 Å². The molecule has 0 aromatic heterocycles. The fraction of sp³-hybridized carbons (Fsp3) is 0.833. The summed E-state index contributed by atoms with van der Waals surface area (Å²) in [6.45, 7) is 5.45. The van der Waals surface area contributed by atoms with E-state index in [4.69, 9.17) is 5.11 Å². The average Bonchev–Trinajstić information content (AvgIpc) is 2.29. The van der Waals surface area contributed by atoms with Crippen molar-refractivity contribution in [3.05, 3.63) is 0 Å². The molecule has 3 N–H and O–H groups in total. The Bertz CT molecular complexity index is 285. The molecule has 98 valence electrons. The summed E-state index contributed by atoms with van der Waals surface area (Å²) in [5.74, 6) is -1.07. The molecule has 1 fully saturated rings. The van der Waals surface area contributed by atoms with Gasteiger partial charge in [0.2, 0.25) is 5.91 Å². The Kier molecular flexibility index (Phi) is 4.93. The molecular formula is C12H22N2O3. The highest BCUT2D eigenvalue weighted by molar-refractivity contribution is 5.87. The van der Waals surface area contributed by atoms with E-state index in [1.54, 1.807) is 0 Å². The smallest absolute Gasteiger partial charge is 0.326 e. The van der Waals surface area contributed by atoms with Crippen LogP contribution in [0.5, 0.6) is 0 Å². The molecule has 0 aromatic carbocycles. The molecule has 0 saturated carbocycles. The number of piperidine rings is 1. The number of hydrogen-bond donors (Lipinski definition) is 3. The predicted octanol–water partition coefficient (Wildman–Crippen LogP) is 0.746. The van der Waals surface area contributed by atoms with Crippen LogP contribution < -0.4 is 10.6 Å². The van der Waals surface area contributed by atoms with Gasteiger partial charge < -0.3 is 15.7 Å². The van der Waals surface area contributed by atoms with Crippen LogP contribution in [0, 0.1) is 5.41 Å². The van der Waals surface area contributed by atoms with Gasteiger partial charge >= 0.3 is 5.97 Å². The average molecular weight is 242 g/mol. The highest BCUT2D eigenvalue weighted by Gasteiger charge is 2.36. The summed E-state index contributed by atoms with van der Waals surface area (Å²) in [4.78, 5) is 23.1. The van der Waals surface area contributed by atoms with E-state index in [0.717, 1.165) is 32.4 Å². The van der Waals surface area contributed by atoms with Gasteiger partial charge in [0.05, 0.1) is 0 Å². The number of aliphatic carboxylic acids is 1. The largest absolute Gasteiger partial charge is 0.480 e. The highest BCUT2D eigenvalue weighted by Crippen LogP contribution is 2.28. The van der Waals surface area contributed by atoms with Crippen molar-refractivity contribution in [2.24, 2.45) is 5.41 Å². The number of amides is 1. The van der Waals surface area contributed by atoms with Gasteiger partial charge in [0.1, 0.15) is 6.04 Å². The molecule has 1 atom stereocenters. The molecule has 1 heterocycles. The Morgan fingerprint density at radius 1 is 1.41 bits per heavy atom. The molecule has 17 heavy (non-hydrogen) atoms. The Morgan fingerprint density at radius 3 is 2.47 bits per heavy atom. The van der Waals surface area contributed by atoms with Crippen LogP contribution >= 0.6 is 0 Å². The second-order valence-corrected chi connectivity index (χ2v) is 4.96. The van der Waals surface area contributed by atoms with Gasteiger partial charge in [-0.15, -0.1) is 0 Å². The quantitative estimate of drug-likeness (QED) is 0.664. The first kappa shape index (κ1) is 14.0. The lowest BCUT2D eigenvalue weighted by molar-refractivity contribution is -0.144. The van der Waals surface area contributed by atoms with Crippen molar-refractivity contribution < 1.29 is 14.7 Å². The number of hydrogen-bond acceptors (Lipinski definition) is 3. The second-order valence-electron chi connectivity index (χ2n) is 4.96. The predicted molar refractivity (Wildman–Crippen MR) is 64.7 cm³/mol. The molecule has 1 aliphatic rings. The summed E-state index contributed by atoms with van der Waals surface area (Å²) in [5, 5.41) is 14.9. The molecule has 0 aromatic rings. The van der Waals surface area contributed by atoms with E-state index in [9.17, 15) is 9.59 Å². The minimum absolute atomic E-state index is 0.125. The lowest BCUT2D eigenvalue weighted by Gasteiger charge is -2.33. The first-order valence-corrected chi connectivity index (χ1v) is 6.24. The normalized spacial score (nSPS) is 20.6. The van der Waals surface area contributed by atoms with Crippen LogP contribution in [-0.2, 0) is 9.59 Å². The third-order valence-corrected chi connectivity index (χ3v) is 3.44. The third kappa shape index (κ3) is 3.70. The van der Waals surface area contributed by atoms with E-state index < -0.39 is 17.4 Å². The third-order valence-electron chi connectivity index (χ3n) is 3.44. The Labute approximate surface area is 102 Å². The fourth-order valence-electron chi connectivity index (χ4n) is 2.08. The molecule has 1 aliphatic heterocycles. The van der Waals surface area contributed by atoms with Gasteiger partial charge in [-0.3, -0.25) is 4.79 Å². The molecule has 5 heteroatoms. The standard InChI is InChI=1S/C12H22N2O3/c1-3-4-9(10(15)16)14-11(17)12(2)5-7-13-8-6-12/h9,13H,3-8H2,1-2H3,(H,14,17)(H,15,16)/t9-/m0/s1. The van der Waals surface area contributed by atoms with E-state index in [1.165, 1.54) is 0 Å². The summed E-state index contributed by atoms with van der Waals surface area (Å²) in [6, 6.07) is -0.751. The van der Waals surface area contributed by atoms with Crippen molar-refractivity contribution in [2.75, 3.05) is 13.1 Å². The van der Waals surface area contributed by atoms with Crippen LogP contribution in [0.1, 0.15) is 39.5 Å². The minimum Gasteiger partial charge on any atom is -0.480 e. The zero-order valence-corrected chi connectivity index (χ0v) is 10.6. The molecule has 1 saturated heterocycles. The number of carbonyl (C=O) groups is 2. The maximum Gasteiger partial charge on any atom is 0.326 e. The van der Waals surface area contributed by atoms with Crippen LogP contribution in [0.15, 0.2) is 0 Å². The summed E-state index contributed by atoms with van der Waals surface area (Å²) < 4.78 is 0. The van der Waals surface area contributed by atoms with Crippen LogP contribution in [0.2, 0.25) is 0 Å². The summed E-state index contributed by atoms with van der Waals surface area (Å²) in [6.07, 6.45) is 2.75. The Balaban J connectivity index is 2.59. The SMILES string of the molecule is CCC[C@H](NC(=O)C1(C)CCNCC1)C(=O)O. The number of rotatable bonds is 5. The second kappa shape index (κ2) is 6.00. The van der Waals surface area contributed by atoms with Crippen molar-refractivity contribution in [1.29, 1.82) is 0 Å². The van der Waals surface area contributed by atoms with Crippen molar-refractivity contribution in [1.82, 2.24) is 10.6 Å². The molecule has 0 aliphatic carbocycles. The summed E-state index contributed by atoms with van der Waals surface area (Å²) >= 11 is 0. The van der Waals surface area contributed by atoms with E-state index >= 15 is 0 Å². The molecule has 1 amide bonds. The van der Waals surface area contributed by atoms with Crippen LogP contribution in [0.3, 0.4) is 0 Å². The van der Waals surface area contributed by atoms with Crippen LogP contribution in [0.4, 0.5) is 0 Å². The minimum atomic E-state index is -0.947. The maximum absolute atomic E-state index is 12.1. The first-order chi connectivity index (χ1) is 7.99. The molecule has 5 nitrogen and oxygen atoms in total. The lowest BCUT2D eigenvalue weighted by atomic mass is 9.80. The number of carboxylic acid groups (broad SMARTS) is 1. The summed E-state index contributed by atoms with van der Waals surface area (Å²) in [5.41, 5.74) is -0.424. The molecule has 1 rings (SSSR count). The van der Waals surface area contributed by atoms with Crippen molar-refractivity contribution in [3.63, 3.8) is 0 Å². The van der Waals surface area contributed by atoms with E-state index in [2.05, 4.69) is 10.6 Å². The molecule has 0 bridgehead atoms. The monoisotopic (exact) mass is 242 g/mol. The zero-order valence-electron chi connectivity index (χ0n) is 10.6. The van der Waals surface area contributed by atoms with Crippen molar-refractivity contribution in [2.45, 2.75) is 45.6 Å². The Hall–Kier alpha value is -1.10. The van der Waals surface area contributed by atoms with E-state index in [1.807, 2.05) is 13.8 Å². The fourth-order valence-corrected chi connectivity index (χ4v) is 2.08. The zero-order chi connectivity index (χ0) is 12.9. The number of carbonyl (C=O) groups excluding carboxylic acids is 1. The molecule has 0 unspecified atom stereocenters. The topological polar surface area (TPSA) is 78.4 Å². The van der Waals surface area contributed by atoms with Crippen molar-refractivity contribution in [3.8, 4) is 0 Å². The van der Waals surface area contributed by atoms with E-state index in [-0.39, 0.29) is 5.91 Å². The number of carboxylic acids is 1. The van der Waals surface area contributed by atoms with Crippen LogP contribution in [0.25, 0.3) is 0 Å². The van der Waals surface area contributed by atoms with Crippen LogP contribution in [-0.4, -0.2) is 36.1 Å². The molecular weight excluding hydrogens is 220 g/mol. The first-order valence-electron chi connectivity index (χ1n) is 6.24. The molecule has 0 spiro atoms. The highest BCUT2D eigenvalue weighted by atomic mass is 16.4. The molecule has 0 radical (unpaired) electrons. The maximum atomic E-state index is 12.1. The van der Waals surface area contributed by atoms with Gasteiger partial charge in [-0.25, -0.2) is 4.79 Å². The number of nitrogens with one attached hydrogen (secondary N) is 2. The van der Waals surface area contributed by atoms with Gasteiger partial charge in [-0.05, 0) is 32.4 Å². The lowest BCUT2D eigenvalue weighted by Crippen LogP contribution is -2.50. The van der Waals surface area contributed by atoms with Gasteiger partial charge in [0.25, 0.3) is 0 Å². The van der Waals surface area contributed by atoms with Crippen molar-refractivity contribution >= 4 is 11.9 Å².